The molecule has 0 unspecified atom stereocenters. The second-order valence-corrected chi connectivity index (χ2v) is 10.4. The van der Waals surface area contributed by atoms with Gasteiger partial charge in [0.2, 0.25) is 5.91 Å². The largest absolute Gasteiger partial charge is 0.457 e. The lowest BCUT2D eigenvalue weighted by atomic mass is 9.99. The van der Waals surface area contributed by atoms with Crippen molar-refractivity contribution in [1.29, 1.82) is 0 Å². The zero-order chi connectivity index (χ0) is 24.2. The fraction of sp³-hybridized carbons (Fsp3) is 0.346. The highest BCUT2D eigenvalue weighted by Crippen LogP contribution is 2.45. The van der Waals surface area contributed by atoms with E-state index in [4.69, 9.17) is 14.5 Å². The van der Waals surface area contributed by atoms with Crippen molar-refractivity contribution in [3.63, 3.8) is 0 Å². The number of allylic oxidation sites excluding steroid dienone is 1. The topological polar surface area (TPSA) is 80.2 Å². The Kier molecular flexibility index (Phi) is 7.36. The third kappa shape index (κ3) is 5.37. The first-order valence-electron chi connectivity index (χ1n) is 11.7. The molecule has 9 heteroatoms. The summed E-state index contributed by atoms with van der Waals surface area (Å²) in [5, 5.41) is 7.71. The molecule has 1 aromatic carbocycles. The molecule has 1 amide bonds. The molecule has 1 saturated heterocycles. The van der Waals surface area contributed by atoms with Crippen LogP contribution in [-0.2, 0) is 25.7 Å². The molecular formula is C26H27N3O4S2. The fourth-order valence-electron chi connectivity index (χ4n) is 4.41. The average molecular weight is 510 g/mol. The Hall–Kier alpha value is -2.88. The monoisotopic (exact) mass is 509 g/mol. The van der Waals surface area contributed by atoms with Crippen LogP contribution in [0.15, 0.2) is 75.2 Å². The number of benzene rings is 1. The molecule has 1 N–H and O–H groups in total. The number of hydrogen-bond acceptors (Lipinski definition) is 8. The molecule has 0 saturated carbocycles. The lowest BCUT2D eigenvalue weighted by Crippen LogP contribution is -2.38. The van der Waals surface area contributed by atoms with Gasteiger partial charge in [-0.2, -0.15) is 0 Å². The maximum atomic E-state index is 13.4. The summed E-state index contributed by atoms with van der Waals surface area (Å²) in [7, 11) is 0. The van der Waals surface area contributed by atoms with Crippen LogP contribution in [0.2, 0.25) is 0 Å². The summed E-state index contributed by atoms with van der Waals surface area (Å²) in [5.41, 5.74) is 2.88. The smallest absolute Gasteiger partial charge is 0.338 e. The van der Waals surface area contributed by atoms with Gasteiger partial charge in [-0.15, -0.1) is 11.3 Å². The van der Waals surface area contributed by atoms with E-state index in [0.717, 1.165) is 40.8 Å². The fourth-order valence-corrected chi connectivity index (χ4v) is 6.20. The number of carbonyl (C=O) groups excluding carboxylic acids is 2. The third-order valence-corrected chi connectivity index (χ3v) is 7.95. The summed E-state index contributed by atoms with van der Waals surface area (Å²) in [6, 6.07) is 13.2. The van der Waals surface area contributed by atoms with Gasteiger partial charge in [-0.05, 0) is 42.2 Å². The predicted molar refractivity (Wildman–Crippen MR) is 138 cm³/mol. The highest BCUT2D eigenvalue weighted by molar-refractivity contribution is 8.16. The van der Waals surface area contributed by atoms with Crippen LogP contribution in [0.5, 0.6) is 0 Å². The summed E-state index contributed by atoms with van der Waals surface area (Å²) in [6.07, 6.45) is 2.30. The van der Waals surface area contributed by atoms with Gasteiger partial charge in [0, 0.05) is 23.7 Å². The van der Waals surface area contributed by atoms with Crippen molar-refractivity contribution in [2.45, 2.75) is 44.9 Å². The molecular weight excluding hydrogens is 482 g/mol. The van der Waals surface area contributed by atoms with E-state index in [1.807, 2.05) is 65.1 Å². The number of rotatable bonds is 8. The zero-order valence-corrected chi connectivity index (χ0v) is 21.1. The van der Waals surface area contributed by atoms with Crippen LogP contribution >= 0.6 is 23.1 Å². The summed E-state index contributed by atoms with van der Waals surface area (Å²) in [6.45, 7) is 3.31. The highest BCUT2D eigenvalue weighted by Gasteiger charge is 2.41. The number of hydrogen-bond donors (Lipinski definition) is 1. The molecule has 2 aromatic rings. The second-order valence-electron chi connectivity index (χ2n) is 8.59. The zero-order valence-electron chi connectivity index (χ0n) is 19.4. The normalized spacial score (nSPS) is 21.5. The number of nitrogens with one attached hydrogen (secondary N) is 1. The van der Waals surface area contributed by atoms with E-state index in [1.54, 1.807) is 11.3 Å². The van der Waals surface area contributed by atoms with Gasteiger partial charge in [0.05, 0.1) is 23.8 Å². The maximum absolute atomic E-state index is 13.4. The average Bonchev–Trinajstić information content (AvgIpc) is 3.64. The Morgan fingerprint density at radius 2 is 2.09 bits per heavy atom. The van der Waals surface area contributed by atoms with E-state index in [1.165, 1.54) is 11.8 Å². The van der Waals surface area contributed by atoms with Crippen molar-refractivity contribution in [2.24, 2.45) is 4.99 Å². The SMILES string of the molecule is CC1=C(C(=O)OCc2ccccc2)[C@H](c2cccs2)N2C(CC(=O)NC[C@H]3CCCO3)=CSC2=N1. The van der Waals surface area contributed by atoms with E-state index in [9.17, 15) is 9.59 Å². The van der Waals surface area contributed by atoms with Gasteiger partial charge in [-0.1, -0.05) is 48.2 Å². The standard InChI is InChI=1S/C26H27N3O4S2/c1-17-23(25(31)33-15-18-7-3-2-4-8-18)24(21-10-6-12-34-21)29-19(16-35-26(29)28-17)13-22(30)27-14-20-9-5-11-32-20/h2-4,6-8,10,12,16,20,24H,5,9,11,13-15H2,1H3,(H,27,30)/t20-,24+/m1/s1. The van der Waals surface area contributed by atoms with Crippen LogP contribution in [-0.4, -0.2) is 41.2 Å². The second kappa shape index (κ2) is 10.8. The Morgan fingerprint density at radius 3 is 2.83 bits per heavy atom. The van der Waals surface area contributed by atoms with Crippen molar-refractivity contribution in [2.75, 3.05) is 13.2 Å². The lowest BCUT2D eigenvalue weighted by molar-refractivity contribution is -0.141. The third-order valence-electron chi connectivity index (χ3n) is 6.14. The lowest BCUT2D eigenvalue weighted by Gasteiger charge is -2.35. The molecule has 3 aliphatic heterocycles. The maximum Gasteiger partial charge on any atom is 0.338 e. The minimum atomic E-state index is -0.397. The van der Waals surface area contributed by atoms with Gasteiger partial charge in [-0.3, -0.25) is 4.79 Å². The van der Waals surface area contributed by atoms with Crippen LogP contribution < -0.4 is 5.32 Å². The molecule has 182 valence electrons. The number of thioether (sulfide) groups is 1. The molecule has 5 rings (SSSR count). The number of thiophene rings is 1. The highest BCUT2D eigenvalue weighted by atomic mass is 32.2. The van der Waals surface area contributed by atoms with Crippen molar-refractivity contribution in [3.8, 4) is 0 Å². The Balaban J connectivity index is 1.35. The van der Waals surface area contributed by atoms with E-state index in [0.29, 0.717) is 17.8 Å². The number of amidine groups is 1. The van der Waals surface area contributed by atoms with Crippen LogP contribution in [0.1, 0.15) is 42.7 Å². The first kappa shape index (κ1) is 23.8. The van der Waals surface area contributed by atoms with Gasteiger partial charge in [0.15, 0.2) is 5.17 Å². The summed E-state index contributed by atoms with van der Waals surface area (Å²) < 4.78 is 11.3. The quantitative estimate of drug-likeness (QED) is 0.517. The van der Waals surface area contributed by atoms with E-state index in [-0.39, 0.29) is 25.0 Å². The molecule has 2 atom stereocenters. The van der Waals surface area contributed by atoms with Gasteiger partial charge < -0.3 is 19.7 Å². The predicted octanol–water partition coefficient (Wildman–Crippen LogP) is 4.75. The van der Waals surface area contributed by atoms with Crippen LogP contribution in [0.25, 0.3) is 0 Å². The number of nitrogens with zero attached hydrogens (tertiary/aromatic N) is 2. The summed E-state index contributed by atoms with van der Waals surface area (Å²) >= 11 is 3.05. The Morgan fingerprint density at radius 1 is 1.23 bits per heavy atom. The van der Waals surface area contributed by atoms with Gasteiger partial charge in [-0.25, -0.2) is 9.79 Å². The number of esters is 1. The number of fused-ring (bicyclic) bond motifs is 1. The summed E-state index contributed by atoms with van der Waals surface area (Å²) in [4.78, 5) is 33.9. The molecule has 1 fully saturated rings. The Bertz CT molecular complexity index is 1170. The molecule has 35 heavy (non-hydrogen) atoms. The van der Waals surface area contributed by atoms with Crippen LogP contribution in [0.3, 0.4) is 0 Å². The van der Waals surface area contributed by atoms with Gasteiger partial charge in [0.1, 0.15) is 12.6 Å². The van der Waals surface area contributed by atoms with Crippen molar-refractivity contribution in [3.05, 3.63) is 80.7 Å². The Labute approximate surface area is 212 Å². The van der Waals surface area contributed by atoms with Crippen LogP contribution in [0.4, 0.5) is 0 Å². The molecule has 0 spiro atoms. The van der Waals surface area contributed by atoms with E-state index in [2.05, 4.69) is 5.32 Å². The first-order chi connectivity index (χ1) is 17.1. The number of aliphatic imine (C=N–C) groups is 1. The molecule has 0 aliphatic carbocycles. The number of carbonyl (C=O) groups is 2. The molecule has 1 aromatic heterocycles. The van der Waals surface area contributed by atoms with E-state index < -0.39 is 12.0 Å². The number of amides is 1. The van der Waals surface area contributed by atoms with Gasteiger partial charge >= 0.3 is 5.97 Å². The minimum Gasteiger partial charge on any atom is -0.457 e. The molecule has 0 bridgehead atoms. The van der Waals surface area contributed by atoms with Crippen LogP contribution in [0, 0.1) is 0 Å². The van der Waals surface area contributed by atoms with Gasteiger partial charge in [0.25, 0.3) is 0 Å². The van der Waals surface area contributed by atoms with Crippen molar-refractivity contribution >= 4 is 40.1 Å². The summed E-state index contributed by atoms with van der Waals surface area (Å²) in [5.74, 6) is -0.468. The minimum absolute atomic E-state index is 0.0713. The molecule has 3 aliphatic rings. The van der Waals surface area contributed by atoms with Crippen molar-refractivity contribution in [1.82, 2.24) is 10.2 Å². The molecule has 7 nitrogen and oxygen atoms in total. The number of ether oxygens (including phenoxy) is 2. The van der Waals surface area contributed by atoms with E-state index >= 15 is 0 Å². The molecule has 0 radical (unpaired) electrons. The van der Waals surface area contributed by atoms with Crippen molar-refractivity contribution < 1.29 is 19.1 Å². The first-order valence-corrected chi connectivity index (χ1v) is 13.4. The molecule has 4 heterocycles.